The summed E-state index contributed by atoms with van der Waals surface area (Å²) in [6, 6.07) is 6.73. The number of hydrogen-bond acceptors (Lipinski definition) is 4. The molecule has 1 spiro atoms. The van der Waals surface area contributed by atoms with Crippen molar-refractivity contribution in [2.75, 3.05) is 13.7 Å². The number of ether oxygens (including phenoxy) is 1. The third-order valence-corrected chi connectivity index (χ3v) is 5.00. The van der Waals surface area contributed by atoms with E-state index in [4.69, 9.17) is 10.1 Å². The number of benzene rings is 1. The monoisotopic (exact) mass is 294 g/mol. The molecule has 2 aliphatic rings. The zero-order chi connectivity index (χ0) is 15.2. The molecule has 1 fully saturated rings. The van der Waals surface area contributed by atoms with Crippen molar-refractivity contribution in [1.29, 1.82) is 5.41 Å². The van der Waals surface area contributed by atoms with Crippen molar-refractivity contribution >= 4 is 6.02 Å². The van der Waals surface area contributed by atoms with Gasteiger partial charge in [0.2, 0.25) is 0 Å². The lowest BCUT2D eigenvalue weighted by Gasteiger charge is -2.38. The second-order valence-corrected chi connectivity index (χ2v) is 6.12. The normalized spacial score (nSPS) is 23.5. The molecular weight excluding hydrogens is 276 g/mol. The Morgan fingerprint density at radius 3 is 2.82 bits per heavy atom. The summed E-state index contributed by atoms with van der Waals surface area (Å²) >= 11 is 0. The van der Waals surface area contributed by atoms with Gasteiger partial charge < -0.3 is 9.64 Å². The van der Waals surface area contributed by atoms with E-state index in [0.29, 0.717) is 6.61 Å². The Labute approximate surface area is 129 Å². The Balaban J connectivity index is 1.75. The van der Waals surface area contributed by atoms with Crippen molar-refractivity contribution in [2.24, 2.45) is 0 Å². The quantitative estimate of drug-likeness (QED) is 0.876. The minimum atomic E-state index is -0.0596. The predicted molar refractivity (Wildman–Crippen MR) is 83.7 cm³/mol. The van der Waals surface area contributed by atoms with Crippen LogP contribution in [-0.4, -0.2) is 40.1 Å². The first kappa shape index (κ1) is 13.2. The summed E-state index contributed by atoms with van der Waals surface area (Å²) in [6.45, 7) is 0.612. The molecule has 1 aliphatic carbocycles. The van der Waals surface area contributed by atoms with Gasteiger partial charge in [0.25, 0.3) is 6.02 Å². The molecule has 0 unspecified atom stereocenters. The summed E-state index contributed by atoms with van der Waals surface area (Å²) in [6.07, 6.45) is 8.21. The second-order valence-electron chi connectivity index (χ2n) is 6.12. The Hall–Kier alpha value is -2.43. The van der Waals surface area contributed by atoms with Gasteiger partial charge in [0.05, 0.1) is 5.54 Å². The van der Waals surface area contributed by atoms with E-state index < -0.39 is 0 Å². The van der Waals surface area contributed by atoms with Crippen LogP contribution in [0, 0.1) is 5.41 Å². The van der Waals surface area contributed by atoms with E-state index in [1.807, 2.05) is 24.3 Å². The molecule has 112 valence electrons. The van der Waals surface area contributed by atoms with Crippen molar-refractivity contribution < 1.29 is 4.74 Å². The van der Waals surface area contributed by atoms with Gasteiger partial charge in [-0.15, -0.1) is 0 Å². The standard InChI is InChI=1S/C17H18N4O/c1-21-16(18)22-10-17(21)6-5-15-12(7-17)3-2-4-14(15)13-8-19-11-20-9-13/h2-4,8-9,11,18H,5-7,10H2,1H3/t17-/m1/s1. The highest BCUT2D eigenvalue weighted by Crippen LogP contribution is 2.39. The van der Waals surface area contributed by atoms with Crippen molar-refractivity contribution in [3.05, 3.63) is 48.0 Å². The van der Waals surface area contributed by atoms with Crippen LogP contribution in [0.5, 0.6) is 0 Å². The van der Waals surface area contributed by atoms with E-state index in [2.05, 4.69) is 28.2 Å². The smallest absolute Gasteiger partial charge is 0.284 e. The van der Waals surface area contributed by atoms with E-state index in [0.717, 1.165) is 24.8 Å². The van der Waals surface area contributed by atoms with Crippen LogP contribution in [-0.2, 0) is 17.6 Å². The van der Waals surface area contributed by atoms with Gasteiger partial charge in [-0.2, -0.15) is 0 Å². The summed E-state index contributed by atoms with van der Waals surface area (Å²) in [5.41, 5.74) is 4.96. The predicted octanol–water partition coefficient (Wildman–Crippen LogP) is 2.27. The Morgan fingerprint density at radius 1 is 1.27 bits per heavy atom. The lowest BCUT2D eigenvalue weighted by molar-refractivity contribution is 0.179. The van der Waals surface area contributed by atoms with E-state index in [9.17, 15) is 0 Å². The molecule has 1 aliphatic heterocycles. The Bertz CT molecular complexity index is 731. The average Bonchev–Trinajstić information content (AvgIpc) is 2.83. The van der Waals surface area contributed by atoms with Crippen LogP contribution in [0.2, 0.25) is 0 Å². The summed E-state index contributed by atoms with van der Waals surface area (Å²) < 4.78 is 5.48. The number of nitrogens with zero attached hydrogens (tertiary/aromatic N) is 3. The minimum absolute atomic E-state index is 0.0596. The van der Waals surface area contributed by atoms with Crippen LogP contribution in [0.15, 0.2) is 36.9 Å². The van der Waals surface area contributed by atoms with Gasteiger partial charge in [0.1, 0.15) is 12.9 Å². The molecule has 4 rings (SSSR count). The van der Waals surface area contributed by atoms with E-state index >= 15 is 0 Å². The maximum atomic E-state index is 7.86. The summed E-state index contributed by atoms with van der Waals surface area (Å²) in [5.74, 6) is 0. The molecule has 22 heavy (non-hydrogen) atoms. The highest BCUT2D eigenvalue weighted by molar-refractivity contribution is 5.74. The van der Waals surface area contributed by atoms with Gasteiger partial charge in [-0.3, -0.25) is 5.41 Å². The molecular formula is C17H18N4O. The fourth-order valence-corrected chi connectivity index (χ4v) is 3.63. The second kappa shape index (κ2) is 4.80. The highest BCUT2D eigenvalue weighted by Gasteiger charge is 2.45. The number of rotatable bonds is 1. The number of likely N-dealkylation sites (N-methyl/N-ethyl adjacent to an activating group) is 1. The van der Waals surface area contributed by atoms with Crippen molar-refractivity contribution in [1.82, 2.24) is 14.9 Å². The maximum absolute atomic E-state index is 7.86. The van der Waals surface area contributed by atoms with E-state index in [1.54, 1.807) is 6.33 Å². The van der Waals surface area contributed by atoms with Gasteiger partial charge in [-0.1, -0.05) is 18.2 Å². The van der Waals surface area contributed by atoms with Crippen LogP contribution >= 0.6 is 0 Å². The molecule has 2 heterocycles. The molecule has 2 aromatic rings. The number of amidine groups is 1. The zero-order valence-electron chi connectivity index (χ0n) is 12.5. The van der Waals surface area contributed by atoms with Crippen LogP contribution < -0.4 is 0 Å². The number of aromatic nitrogens is 2. The van der Waals surface area contributed by atoms with Crippen molar-refractivity contribution in [2.45, 2.75) is 24.8 Å². The Kier molecular flexibility index (Phi) is 2.89. The first-order chi connectivity index (χ1) is 10.7. The molecule has 5 heteroatoms. The highest BCUT2D eigenvalue weighted by atomic mass is 16.5. The van der Waals surface area contributed by atoms with Crippen LogP contribution in [0.3, 0.4) is 0 Å². The summed E-state index contributed by atoms with van der Waals surface area (Å²) in [5, 5.41) is 7.86. The fourth-order valence-electron chi connectivity index (χ4n) is 3.63. The van der Waals surface area contributed by atoms with Crippen LogP contribution in [0.25, 0.3) is 11.1 Å². The first-order valence-electron chi connectivity index (χ1n) is 7.51. The number of fused-ring (bicyclic) bond motifs is 1. The van der Waals surface area contributed by atoms with E-state index in [-0.39, 0.29) is 11.6 Å². The van der Waals surface area contributed by atoms with Gasteiger partial charge in [0, 0.05) is 25.0 Å². The maximum Gasteiger partial charge on any atom is 0.284 e. The van der Waals surface area contributed by atoms with Crippen molar-refractivity contribution in [3.63, 3.8) is 0 Å². The summed E-state index contributed by atoms with van der Waals surface area (Å²) in [4.78, 5) is 10.3. The van der Waals surface area contributed by atoms with Gasteiger partial charge in [-0.05, 0) is 36.0 Å². The third kappa shape index (κ3) is 1.89. The third-order valence-electron chi connectivity index (χ3n) is 5.00. The molecule has 1 aromatic heterocycles. The first-order valence-corrected chi connectivity index (χ1v) is 7.51. The largest absolute Gasteiger partial charge is 0.463 e. The molecule has 1 saturated heterocycles. The number of hydrogen-bond donors (Lipinski definition) is 1. The lowest BCUT2D eigenvalue weighted by atomic mass is 9.76. The molecule has 0 amide bonds. The molecule has 1 aromatic carbocycles. The topological polar surface area (TPSA) is 62.1 Å². The van der Waals surface area contributed by atoms with Gasteiger partial charge >= 0.3 is 0 Å². The van der Waals surface area contributed by atoms with Crippen LogP contribution in [0.4, 0.5) is 0 Å². The molecule has 1 atom stereocenters. The molecule has 1 N–H and O–H groups in total. The van der Waals surface area contributed by atoms with Crippen LogP contribution in [0.1, 0.15) is 17.5 Å². The zero-order valence-corrected chi connectivity index (χ0v) is 12.5. The molecule has 5 nitrogen and oxygen atoms in total. The molecule has 0 bridgehead atoms. The average molecular weight is 294 g/mol. The minimum Gasteiger partial charge on any atom is -0.463 e. The van der Waals surface area contributed by atoms with Crippen molar-refractivity contribution in [3.8, 4) is 11.1 Å². The Morgan fingerprint density at radius 2 is 2.09 bits per heavy atom. The lowest BCUT2D eigenvalue weighted by Crippen LogP contribution is -2.49. The van der Waals surface area contributed by atoms with Gasteiger partial charge in [0.15, 0.2) is 0 Å². The van der Waals surface area contributed by atoms with E-state index in [1.165, 1.54) is 16.7 Å². The number of nitrogens with one attached hydrogen (secondary N) is 1. The molecule has 0 radical (unpaired) electrons. The summed E-state index contributed by atoms with van der Waals surface area (Å²) in [7, 11) is 1.97. The molecule has 0 saturated carbocycles. The SMILES string of the molecule is CN1C(=N)OC[C@]12CCc1c(cccc1-c1cncnc1)C2. The fraction of sp³-hybridized carbons (Fsp3) is 0.353. The van der Waals surface area contributed by atoms with Gasteiger partial charge in [-0.25, -0.2) is 9.97 Å².